The lowest BCUT2D eigenvalue weighted by molar-refractivity contribution is -0.115. The van der Waals surface area contributed by atoms with Crippen molar-refractivity contribution in [1.29, 1.82) is 0 Å². The molecule has 0 saturated heterocycles. The highest BCUT2D eigenvalue weighted by Gasteiger charge is 2.29. The van der Waals surface area contributed by atoms with Gasteiger partial charge in [0.05, 0.1) is 18.7 Å². The molecule has 0 spiro atoms. The topological polar surface area (TPSA) is 92.8 Å². The van der Waals surface area contributed by atoms with Gasteiger partial charge in [-0.2, -0.15) is 5.21 Å². The van der Waals surface area contributed by atoms with E-state index in [2.05, 4.69) is 63.2 Å². The summed E-state index contributed by atoms with van der Waals surface area (Å²) in [5, 5.41) is 18.0. The molecule has 1 amide bonds. The summed E-state index contributed by atoms with van der Waals surface area (Å²) < 4.78 is 6.45. The number of H-pyrrole nitrogens is 1. The van der Waals surface area contributed by atoms with Gasteiger partial charge in [0, 0.05) is 17.0 Å². The molecule has 0 bridgehead atoms. The average molecular weight is 530 g/mol. The van der Waals surface area contributed by atoms with E-state index in [4.69, 9.17) is 4.74 Å². The number of amides is 1. The van der Waals surface area contributed by atoms with Gasteiger partial charge in [-0.05, 0) is 58.9 Å². The number of carbonyl (C=O) groups is 1. The normalized spacial score (nSPS) is 16.4. The summed E-state index contributed by atoms with van der Waals surface area (Å²) in [6.07, 6.45) is 1.21. The maximum Gasteiger partial charge on any atom is 0.228 e. The number of ether oxygens (including phenoxy) is 1. The van der Waals surface area contributed by atoms with Crippen molar-refractivity contribution >= 4 is 11.6 Å². The SMILES string of the molecule is Cc1ccc(CC(=O)Nc2cc(-c3ccccc3-c3nn[nH]n3)cc3c2OC[C@@H](C)C[C@H]3c2ccccc2)cc1. The minimum atomic E-state index is -0.0909. The van der Waals surface area contributed by atoms with Crippen molar-refractivity contribution in [3.63, 3.8) is 0 Å². The van der Waals surface area contributed by atoms with Gasteiger partial charge in [0.1, 0.15) is 5.75 Å². The first-order valence-corrected chi connectivity index (χ1v) is 13.6. The molecule has 1 aliphatic heterocycles. The number of hydrogen-bond donors (Lipinski definition) is 2. The molecule has 0 unspecified atom stereocenters. The lowest BCUT2D eigenvalue weighted by Gasteiger charge is -2.22. The highest BCUT2D eigenvalue weighted by atomic mass is 16.5. The molecule has 7 heteroatoms. The summed E-state index contributed by atoms with van der Waals surface area (Å²) in [6, 6.07) is 30.7. The van der Waals surface area contributed by atoms with E-state index in [0.717, 1.165) is 45.6 Å². The molecule has 1 aromatic heterocycles. The van der Waals surface area contributed by atoms with Gasteiger partial charge in [0.15, 0.2) is 0 Å². The molecule has 2 N–H and O–H groups in total. The van der Waals surface area contributed by atoms with Crippen LogP contribution in [0.15, 0.2) is 91.0 Å². The lowest BCUT2D eigenvalue weighted by Crippen LogP contribution is -2.16. The van der Waals surface area contributed by atoms with Crippen LogP contribution in [0.1, 0.15) is 41.5 Å². The van der Waals surface area contributed by atoms with Crippen LogP contribution in [0.5, 0.6) is 5.75 Å². The van der Waals surface area contributed by atoms with Crippen LogP contribution in [0.3, 0.4) is 0 Å². The molecule has 0 radical (unpaired) electrons. The third kappa shape index (κ3) is 5.36. The summed E-state index contributed by atoms with van der Waals surface area (Å²) in [5.41, 5.74) is 7.83. The third-order valence-corrected chi connectivity index (χ3v) is 7.43. The van der Waals surface area contributed by atoms with Crippen LogP contribution in [0, 0.1) is 12.8 Å². The fourth-order valence-corrected chi connectivity index (χ4v) is 5.43. The van der Waals surface area contributed by atoms with Gasteiger partial charge in [-0.25, -0.2) is 0 Å². The van der Waals surface area contributed by atoms with Crippen molar-refractivity contribution < 1.29 is 9.53 Å². The quantitative estimate of drug-likeness (QED) is 0.259. The Morgan fingerprint density at radius 1 is 0.975 bits per heavy atom. The molecule has 1 aliphatic rings. The largest absolute Gasteiger partial charge is 0.491 e. The molecule has 4 aromatic carbocycles. The zero-order chi connectivity index (χ0) is 27.5. The van der Waals surface area contributed by atoms with Crippen LogP contribution in [0.2, 0.25) is 0 Å². The number of nitrogens with zero attached hydrogens (tertiary/aromatic N) is 3. The number of tetrazole rings is 1. The molecule has 6 rings (SSSR count). The van der Waals surface area contributed by atoms with Crippen LogP contribution < -0.4 is 10.1 Å². The number of benzene rings is 4. The number of rotatable bonds is 6. The van der Waals surface area contributed by atoms with Crippen molar-refractivity contribution in [3.8, 4) is 28.3 Å². The Morgan fingerprint density at radius 2 is 1.73 bits per heavy atom. The van der Waals surface area contributed by atoms with E-state index in [1.54, 1.807) is 0 Å². The van der Waals surface area contributed by atoms with Crippen molar-refractivity contribution in [3.05, 3.63) is 113 Å². The molecule has 0 saturated carbocycles. The predicted octanol–water partition coefficient (Wildman–Crippen LogP) is 6.57. The zero-order valence-corrected chi connectivity index (χ0v) is 22.6. The van der Waals surface area contributed by atoms with Gasteiger partial charge in [0.2, 0.25) is 11.7 Å². The van der Waals surface area contributed by atoms with E-state index in [9.17, 15) is 4.79 Å². The molecule has 200 valence electrons. The molecule has 5 aromatic rings. The van der Waals surface area contributed by atoms with E-state index < -0.39 is 0 Å². The number of aryl methyl sites for hydroxylation is 1. The number of hydrogen-bond acceptors (Lipinski definition) is 5. The fraction of sp³-hybridized carbons (Fsp3) is 0.212. The first kappa shape index (κ1) is 25.5. The van der Waals surface area contributed by atoms with Crippen molar-refractivity contribution in [2.24, 2.45) is 5.92 Å². The number of carbonyl (C=O) groups excluding carboxylic acids is 1. The molecule has 7 nitrogen and oxygen atoms in total. The van der Waals surface area contributed by atoms with E-state index >= 15 is 0 Å². The van der Waals surface area contributed by atoms with Crippen molar-refractivity contribution in [1.82, 2.24) is 20.6 Å². The lowest BCUT2D eigenvalue weighted by atomic mass is 9.83. The van der Waals surface area contributed by atoms with E-state index in [1.807, 2.05) is 67.6 Å². The number of anilines is 1. The van der Waals surface area contributed by atoms with Crippen molar-refractivity contribution in [2.75, 3.05) is 11.9 Å². The molecule has 0 fully saturated rings. The Bertz CT molecular complexity index is 1620. The van der Waals surface area contributed by atoms with Crippen LogP contribution in [0.4, 0.5) is 5.69 Å². The van der Waals surface area contributed by atoms with Crippen LogP contribution in [-0.4, -0.2) is 33.1 Å². The second-order valence-corrected chi connectivity index (χ2v) is 10.5. The monoisotopic (exact) mass is 529 g/mol. The number of aromatic amines is 1. The Hall–Kier alpha value is -4.78. The van der Waals surface area contributed by atoms with Gasteiger partial charge in [-0.15, -0.1) is 10.2 Å². The smallest absolute Gasteiger partial charge is 0.228 e. The highest BCUT2D eigenvalue weighted by molar-refractivity contribution is 5.96. The molecular formula is C33H31N5O2. The van der Waals surface area contributed by atoms with Gasteiger partial charge in [-0.3, -0.25) is 4.79 Å². The fourth-order valence-electron chi connectivity index (χ4n) is 5.43. The molecule has 40 heavy (non-hydrogen) atoms. The van der Waals surface area contributed by atoms with Crippen molar-refractivity contribution in [2.45, 2.75) is 32.6 Å². The van der Waals surface area contributed by atoms with Crippen LogP contribution >= 0.6 is 0 Å². The molecule has 0 aliphatic carbocycles. The summed E-state index contributed by atoms with van der Waals surface area (Å²) >= 11 is 0. The van der Waals surface area contributed by atoms with Gasteiger partial charge in [-0.1, -0.05) is 91.3 Å². The second kappa shape index (κ2) is 11.1. The number of aromatic nitrogens is 4. The third-order valence-electron chi connectivity index (χ3n) is 7.43. The second-order valence-electron chi connectivity index (χ2n) is 10.5. The first-order valence-electron chi connectivity index (χ1n) is 13.6. The Balaban J connectivity index is 1.48. The molecule has 2 heterocycles. The van der Waals surface area contributed by atoms with Crippen LogP contribution in [-0.2, 0) is 11.2 Å². The maximum atomic E-state index is 13.4. The predicted molar refractivity (Wildman–Crippen MR) is 156 cm³/mol. The Kier molecular flexibility index (Phi) is 7.10. The summed E-state index contributed by atoms with van der Waals surface area (Å²) in [7, 11) is 0. The van der Waals surface area contributed by atoms with Gasteiger partial charge < -0.3 is 10.1 Å². The number of fused-ring (bicyclic) bond motifs is 1. The minimum Gasteiger partial charge on any atom is -0.491 e. The van der Waals surface area contributed by atoms with Gasteiger partial charge >= 0.3 is 0 Å². The molecule has 2 atom stereocenters. The Morgan fingerprint density at radius 3 is 2.48 bits per heavy atom. The average Bonchev–Trinajstić information content (AvgIpc) is 3.46. The Labute approximate surface area is 233 Å². The summed E-state index contributed by atoms with van der Waals surface area (Å²) in [6.45, 7) is 4.83. The number of nitrogens with one attached hydrogen (secondary N) is 2. The van der Waals surface area contributed by atoms with E-state index in [0.29, 0.717) is 24.0 Å². The summed E-state index contributed by atoms with van der Waals surface area (Å²) in [5.74, 6) is 1.60. The van der Waals surface area contributed by atoms with E-state index in [-0.39, 0.29) is 18.2 Å². The highest BCUT2D eigenvalue weighted by Crippen LogP contribution is 2.46. The molecular weight excluding hydrogens is 498 g/mol. The summed E-state index contributed by atoms with van der Waals surface area (Å²) in [4.78, 5) is 13.4. The zero-order valence-electron chi connectivity index (χ0n) is 22.6. The van der Waals surface area contributed by atoms with Crippen LogP contribution in [0.25, 0.3) is 22.5 Å². The van der Waals surface area contributed by atoms with E-state index in [1.165, 1.54) is 5.56 Å². The first-order chi connectivity index (χ1) is 19.5. The maximum absolute atomic E-state index is 13.4. The standard InChI is InChI=1S/C33H31N5O2/c1-21-12-14-23(15-13-21)17-31(39)34-30-19-25(26-10-6-7-11-27(26)33-35-37-38-36-33)18-29-28(24-8-4-3-5-9-24)16-22(2)20-40-32(29)30/h3-15,18-19,22,28H,16-17,20H2,1-2H3,(H,34,39)(H,35,36,37,38)/t22-,28-/m0/s1. The minimum absolute atomic E-state index is 0.0909. The van der Waals surface area contributed by atoms with Gasteiger partial charge in [0.25, 0.3) is 0 Å².